The lowest BCUT2D eigenvalue weighted by atomic mass is 10.1. The number of nitrogens with one attached hydrogen (secondary N) is 1. The molecule has 162 valence electrons. The fourth-order valence-corrected chi connectivity index (χ4v) is 3.71. The number of amides is 1. The quantitative estimate of drug-likeness (QED) is 0.338. The van der Waals surface area contributed by atoms with Gasteiger partial charge in [0, 0.05) is 19.5 Å². The lowest BCUT2D eigenvalue weighted by Crippen LogP contribution is -2.29. The Morgan fingerprint density at radius 3 is 2.72 bits per heavy atom. The number of aromatic nitrogens is 2. The van der Waals surface area contributed by atoms with Crippen LogP contribution < -0.4 is 0 Å². The molecule has 8 heteroatoms. The second kappa shape index (κ2) is 9.35. The Labute approximate surface area is 184 Å². The van der Waals surface area contributed by atoms with Crippen molar-refractivity contribution in [3.05, 3.63) is 71.7 Å². The number of likely N-dealkylation sites (tertiary alicyclic amines) is 1. The molecule has 1 atom stereocenters. The van der Waals surface area contributed by atoms with Gasteiger partial charge in [-0.05, 0) is 24.1 Å². The zero-order chi connectivity index (χ0) is 22.5. The molecule has 3 aromatic rings. The number of nitriles is 1. The van der Waals surface area contributed by atoms with Crippen molar-refractivity contribution in [3.8, 4) is 6.07 Å². The fourth-order valence-electron chi connectivity index (χ4n) is 3.71. The van der Waals surface area contributed by atoms with Gasteiger partial charge >= 0.3 is 5.97 Å². The van der Waals surface area contributed by atoms with E-state index in [0.29, 0.717) is 18.5 Å². The molecule has 0 bridgehead atoms. The van der Waals surface area contributed by atoms with Gasteiger partial charge in [-0.25, -0.2) is 4.98 Å². The van der Waals surface area contributed by atoms with Gasteiger partial charge in [-0.3, -0.25) is 9.59 Å². The summed E-state index contributed by atoms with van der Waals surface area (Å²) in [6.45, 7) is 0.347. The van der Waals surface area contributed by atoms with Crippen LogP contribution in [0.1, 0.15) is 17.8 Å². The van der Waals surface area contributed by atoms with Gasteiger partial charge in [0.1, 0.15) is 18.2 Å². The highest BCUT2D eigenvalue weighted by Crippen LogP contribution is 2.22. The van der Waals surface area contributed by atoms with Crippen LogP contribution in [0.25, 0.3) is 16.6 Å². The number of imidazole rings is 1. The van der Waals surface area contributed by atoms with E-state index in [0.717, 1.165) is 11.1 Å². The summed E-state index contributed by atoms with van der Waals surface area (Å²) in [5, 5.41) is 19.8. The van der Waals surface area contributed by atoms with Crippen LogP contribution in [0.2, 0.25) is 0 Å². The monoisotopic (exact) mass is 430 g/mol. The Morgan fingerprint density at radius 1 is 1.22 bits per heavy atom. The van der Waals surface area contributed by atoms with Gasteiger partial charge in [-0.15, -0.1) is 0 Å². The Balaban J connectivity index is 1.35. The third-order valence-electron chi connectivity index (χ3n) is 5.44. The van der Waals surface area contributed by atoms with Crippen molar-refractivity contribution in [2.24, 2.45) is 5.92 Å². The van der Waals surface area contributed by atoms with Crippen LogP contribution >= 0.6 is 0 Å². The van der Waals surface area contributed by atoms with Crippen molar-refractivity contribution in [2.75, 3.05) is 19.7 Å². The van der Waals surface area contributed by atoms with E-state index in [2.05, 4.69) is 9.97 Å². The van der Waals surface area contributed by atoms with Crippen LogP contribution in [-0.4, -0.2) is 51.5 Å². The molecule has 1 aliphatic rings. The van der Waals surface area contributed by atoms with Gasteiger partial charge < -0.3 is 19.7 Å². The summed E-state index contributed by atoms with van der Waals surface area (Å²) in [5.74, 6) is -1.46. The van der Waals surface area contributed by atoms with E-state index in [9.17, 15) is 20.0 Å². The number of benzene rings is 2. The largest absolute Gasteiger partial charge is 0.507 e. The number of carbonyl (C=O) groups excluding carboxylic acids is 2. The number of aliphatic hydroxyl groups is 1. The predicted octanol–water partition coefficient (Wildman–Crippen LogP) is 2.99. The first kappa shape index (κ1) is 21.1. The number of rotatable bonds is 7. The Hall–Kier alpha value is -4.12. The van der Waals surface area contributed by atoms with Gasteiger partial charge in [0.15, 0.2) is 11.6 Å². The number of carbonyl (C=O) groups is 2. The lowest BCUT2D eigenvalue weighted by Gasteiger charge is -2.16. The van der Waals surface area contributed by atoms with Crippen molar-refractivity contribution >= 4 is 28.5 Å². The normalized spacial score (nSPS) is 16.7. The fraction of sp³-hybridized carbons (Fsp3) is 0.250. The summed E-state index contributed by atoms with van der Waals surface area (Å²) in [4.78, 5) is 33.6. The first-order valence-corrected chi connectivity index (χ1v) is 10.3. The minimum Gasteiger partial charge on any atom is -0.507 e. The summed E-state index contributed by atoms with van der Waals surface area (Å²) >= 11 is 0. The van der Waals surface area contributed by atoms with E-state index in [1.54, 1.807) is 17.0 Å². The SMILES string of the molecule is N#CC(=C(O)COC(=O)[C@H]1CC(=O)N(CCc2ccccc2)C1)c1nc2ccccc2[nH]1. The summed E-state index contributed by atoms with van der Waals surface area (Å²) < 4.78 is 5.21. The van der Waals surface area contributed by atoms with Gasteiger partial charge in [0.2, 0.25) is 5.91 Å². The highest BCUT2D eigenvalue weighted by molar-refractivity contribution is 5.87. The molecule has 32 heavy (non-hydrogen) atoms. The number of H-pyrrole nitrogens is 1. The minimum atomic E-state index is -0.595. The number of hydrogen-bond acceptors (Lipinski definition) is 6. The molecule has 2 aromatic carbocycles. The van der Waals surface area contributed by atoms with Crippen LogP contribution in [0.3, 0.4) is 0 Å². The molecule has 0 unspecified atom stereocenters. The smallest absolute Gasteiger partial charge is 0.311 e. The number of allylic oxidation sites excluding steroid dienone is 1. The Morgan fingerprint density at radius 2 is 1.97 bits per heavy atom. The number of nitrogens with zero attached hydrogens (tertiary/aromatic N) is 3. The molecule has 0 saturated carbocycles. The van der Waals surface area contributed by atoms with Crippen LogP contribution in [0.4, 0.5) is 0 Å². The Kier molecular flexibility index (Phi) is 6.17. The van der Waals surface area contributed by atoms with Crippen LogP contribution in [0, 0.1) is 17.2 Å². The van der Waals surface area contributed by atoms with Crippen molar-refractivity contribution in [1.29, 1.82) is 5.26 Å². The zero-order valence-electron chi connectivity index (χ0n) is 17.3. The molecule has 1 aromatic heterocycles. The van der Waals surface area contributed by atoms with Gasteiger partial charge in [-0.2, -0.15) is 5.26 Å². The number of aromatic amines is 1. The van der Waals surface area contributed by atoms with Gasteiger partial charge in [-0.1, -0.05) is 42.5 Å². The van der Waals surface area contributed by atoms with Crippen LogP contribution in [0.5, 0.6) is 0 Å². The summed E-state index contributed by atoms with van der Waals surface area (Å²) in [7, 11) is 0. The summed E-state index contributed by atoms with van der Waals surface area (Å²) in [5.41, 5.74) is 2.40. The maximum Gasteiger partial charge on any atom is 0.311 e. The summed E-state index contributed by atoms with van der Waals surface area (Å²) in [6, 6.07) is 19.0. The average molecular weight is 430 g/mol. The molecule has 8 nitrogen and oxygen atoms in total. The number of ether oxygens (including phenoxy) is 1. The number of esters is 1. The number of aliphatic hydroxyl groups excluding tert-OH is 1. The number of hydrogen-bond donors (Lipinski definition) is 2. The van der Waals surface area contributed by atoms with E-state index in [-0.39, 0.29) is 30.3 Å². The molecule has 1 saturated heterocycles. The Bertz CT molecular complexity index is 1180. The van der Waals surface area contributed by atoms with E-state index < -0.39 is 24.3 Å². The second-order valence-electron chi connectivity index (χ2n) is 7.62. The lowest BCUT2D eigenvalue weighted by molar-refractivity contribution is -0.148. The third kappa shape index (κ3) is 4.62. The van der Waals surface area contributed by atoms with Crippen molar-refractivity contribution in [2.45, 2.75) is 12.8 Å². The zero-order valence-corrected chi connectivity index (χ0v) is 17.3. The maximum absolute atomic E-state index is 12.5. The standard InChI is InChI=1S/C24H22N4O4/c25-13-18(23-26-19-8-4-5-9-20(19)27-23)21(29)15-32-24(31)17-12-22(30)28(14-17)11-10-16-6-2-1-3-7-16/h1-9,17,29H,10-12,14-15H2,(H,26,27)/t17-/m0/s1. The first-order chi connectivity index (χ1) is 15.5. The molecule has 1 fully saturated rings. The third-order valence-corrected chi connectivity index (χ3v) is 5.44. The second-order valence-corrected chi connectivity index (χ2v) is 7.62. The average Bonchev–Trinajstić information content (AvgIpc) is 3.40. The van der Waals surface area contributed by atoms with Crippen LogP contribution in [-0.2, 0) is 20.7 Å². The molecule has 2 heterocycles. The number of para-hydroxylation sites is 2. The summed E-state index contributed by atoms with van der Waals surface area (Å²) in [6.07, 6.45) is 0.785. The molecule has 0 aliphatic carbocycles. The highest BCUT2D eigenvalue weighted by Gasteiger charge is 2.35. The van der Waals surface area contributed by atoms with Crippen LogP contribution in [0.15, 0.2) is 60.4 Å². The maximum atomic E-state index is 12.5. The van der Waals surface area contributed by atoms with Crippen molar-refractivity contribution < 1.29 is 19.4 Å². The molecule has 2 N–H and O–H groups in total. The highest BCUT2D eigenvalue weighted by atomic mass is 16.5. The van der Waals surface area contributed by atoms with E-state index >= 15 is 0 Å². The van der Waals surface area contributed by atoms with Gasteiger partial charge in [0.25, 0.3) is 0 Å². The van der Waals surface area contributed by atoms with Gasteiger partial charge in [0.05, 0.1) is 17.0 Å². The van der Waals surface area contributed by atoms with Crippen molar-refractivity contribution in [1.82, 2.24) is 14.9 Å². The molecular weight excluding hydrogens is 408 g/mol. The number of fused-ring (bicyclic) bond motifs is 1. The minimum absolute atomic E-state index is 0.0762. The molecule has 1 amide bonds. The van der Waals surface area contributed by atoms with E-state index in [1.165, 1.54) is 0 Å². The molecule has 0 radical (unpaired) electrons. The van der Waals surface area contributed by atoms with E-state index in [1.807, 2.05) is 48.5 Å². The molecule has 4 rings (SSSR count). The predicted molar refractivity (Wildman–Crippen MR) is 117 cm³/mol. The van der Waals surface area contributed by atoms with E-state index in [4.69, 9.17) is 4.74 Å². The topological polar surface area (TPSA) is 119 Å². The molecular formula is C24H22N4O4. The molecule has 1 aliphatic heterocycles. The first-order valence-electron chi connectivity index (χ1n) is 10.3. The van der Waals surface area contributed by atoms with Crippen molar-refractivity contribution in [3.63, 3.8) is 0 Å². The molecule has 0 spiro atoms.